The predicted octanol–water partition coefficient (Wildman–Crippen LogP) is 4.52. The summed E-state index contributed by atoms with van der Waals surface area (Å²) in [5, 5.41) is 20.9. The third kappa shape index (κ3) is 4.96. The summed E-state index contributed by atoms with van der Waals surface area (Å²) in [5.74, 6) is -1.07. The number of halogens is 1. The Bertz CT molecular complexity index is 1070. The van der Waals surface area contributed by atoms with Crippen LogP contribution in [0.1, 0.15) is 18.1 Å². The largest absolute Gasteiger partial charge is 0.411 e. The van der Waals surface area contributed by atoms with Crippen LogP contribution in [0.15, 0.2) is 46.0 Å². The van der Waals surface area contributed by atoms with Crippen molar-refractivity contribution >= 4 is 29.0 Å². The van der Waals surface area contributed by atoms with E-state index in [-0.39, 0.29) is 10.9 Å². The van der Waals surface area contributed by atoms with Gasteiger partial charge in [-0.15, -0.1) is 10.2 Å². The molecule has 0 radical (unpaired) electrons. The van der Waals surface area contributed by atoms with E-state index in [9.17, 15) is 19.3 Å². The number of carbonyl (C=O) groups excluding carboxylic acids is 1. The van der Waals surface area contributed by atoms with Gasteiger partial charge in [0.2, 0.25) is 17.6 Å². The molecule has 3 aromatic rings. The van der Waals surface area contributed by atoms with Gasteiger partial charge < -0.3 is 9.73 Å². The molecule has 0 spiro atoms. The highest BCUT2D eigenvalue weighted by molar-refractivity contribution is 8.00. The molecule has 0 aliphatic rings. The van der Waals surface area contributed by atoms with Gasteiger partial charge in [0.05, 0.1) is 10.2 Å². The quantitative estimate of drug-likeness (QED) is 0.357. The number of benzene rings is 2. The normalized spacial score (nSPS) is 11.9. The first kappa shape index (κ1) is 20.5. The monoisotopic (exact) mass is 416 g/mol. The zero-order chi connectivity index (χ0) is 21.1. The molecule has 2 aromatic carbocycles. The van der Waals surface area contributed by atoms with Crippen molar-refractivity contribution in [3.05, 3.63) is 63.5 Å². The molecule has 3 rings (SSSR count). The van der Waals surface area contributed by atoms with Crippen molar-refractivity contribution in [3.63, 3.8) is 0 Å². The van der Waals surface area contributed by atoms with Crippen LogP contribution in [0.2, 0.25) is 0 Å². The molecule has 1 N–H and O–H groups in total. The summed E-state index contributed by atoms with van der Waals surface area (Å²) in [7, 11) is 0. The molecule has 1 amide bonds. The summed E-state index contributed by atoms with van der Waals surface area (Å²) in [6.07, 6.45) is 0. The molecule has 0 saturated carbocycles. The van der Waals surface area contributed by atoms with Gasteiger partial charge in [-0.3, -0.25) is 14.9 Å². The van der Waals surface area contributed by atoms with Crippen LogP contribution in [0.25, 0.3) is 11.5 Å². The van der Waals surface area contributed by atoms with Gasteiger partial charge in [-0.1, -0.05) is 29.0 Å². The molecule has 0 saturated heterocycles. The van der Waals surface area contributed by atoms with Crippen molar-refractivity contribution in [2.24, 2.45) is 0 Å². The van der Waals surface area contributed by atoms with E-state index < -0.39 is 27.6 Å². The lowest BCUT2D eigenvalue weighted by molar-refractivity contribution is -0.387. The Morgan fingerprint density at radius 2 is 1.90 bits per heavy atom. The Morgan fingerprint density at radius 3 is 2.55 bits per heavy atom. The maximum absolute atomic E-state index is 13.4. The Balaban J connectivity index is 1.68. The molecule has 0 aliphatic carbocycles. The second-order valence-corrected chi connectivity index (χ2v) is 7.71. The lowest BCUT2D eigenvalue weighted by Gasteiger charge is -2.09. The zero-order valence-corrected chi connectivity index (χ0v) is 16.6. The summed E-state index contributed by atoms with van der Waals surface area (Å²) >= 11 is 1.05. The van der Waals surface area contributed by atoms with Crippen molar-refractivity contribution in [3.8, 4) is 11.5 Å². The highest BCUT2D eigenvalue weighted by atomic mass is 32.2. The topological polar surface area (TPSA) is 111 Å². The SMILES string of the molecule is Cc1cc(C)cc(-c2nnc(S[C@H](C)C(=O)Nc3ccc(F)c([N+](=O)[O-])c3)o2)c1. The van der Waals surface area contributed by atoms with Crippen LogP contribution in [0.5, 0.6) is 0 Å². The number of nitro groups is 1. The van der Waals surface area contributed by atoms with E-state index in [0.29, 0.717) is 5.89 Å². The number of nitrogens with one attached hydrogen (secondary N) is 1. The van der Waals surface area contributed by atoms with Crippen molar-refractivity contribution in [1.82, 2.24) is 10.2 Å². The number of aryl methyl sites for hydroxylation is 2. The number of amides is 1. The molecule has 150 valence electrons. The summed E-state index contributed by atoms with van der Waals surface area (Å²) in [6, 6.07) is 9.03. The predicted molar refractivity (Wildman–Crippen MR) is 106 cm³/mol. The van der Waals surface area contributed by atoms with Crippen LogP contribution in [-0.2, 0) is 4.79 Å². The number of thioether (sulfide) groups is 1. The molecule has 0 bridgehead atoms. The Labute approximate surface area is 169 Å². The van der Waals surface area contributed by atoms with Gasteiger partial charge >= 0.3 is 5.69 Å². The van der Waals surface area contributed by atoms with E-state index in [0.717, 1.165) is 40.6 Å². The Hall–Kier alpha value is -3.27. The van der Waals surface area contributed by atoms with Gasteiger partial charge in [0, 0.05) is 17.3 Å². The van der Waals surface area contributed by atoms with Crippen LogP contribution in [0.3, 0.4) is 0 Å². The standard InChI is InChI=1S/C19H17FN4O4S/c1-10-6-11(2)8-13(7-10)18-22-23-19(28-18)29-12(3)17(25)21-14-4-5-15(20)16(9-14)24(26)27/h4-9,12H,1-3H3,(H,21,25)/t12-/m1/s1. The van der Waals surface area contributed by atoms with Gasteiger partial charge in [-0.05, 0) is 45.0 Å². The van der Waals surface area contributed by atoms with Gasteiger partial charge in [0.1, 0.15) is 0 Å². The summed E-state index contributed by atoms with van der Waals surface area (Å²) in [5.41, 5.74) is 2.33. The number of nitrogens with zero attached hydrogens (tertiary/aromatic N) is 3. The minimum absolute atomic E-state index is 0.122. The fourth-order valence-corrected chi connectivity index (χ4v) is 3.33. The van der Waals surface area contributed by atoms with E-state index in [1.54, 1.807) is 6.92 Å². The fourth-order valence-electron chi connectivity index (χ4n) is 2.65. The minimum atomic E-state index is -0.972. The van der Waals surface area contributed by atoms with Crippen LogP contribution in [-0.4, -0.2) is 26.3 Å². The Morgan fingerprint density at radius 1 is 1.21 bits per heavy atom. The molecule has 8 nitrogen and oxygen atoms in total. The number of carbonyl (C=O) groups is 1. The smallest absolute Gasteiger partial charge is 0.306 e. The first-order chi connectivity index (χ1) is 13.7. The molecule has 0 fully saturated rings. The van der Waals surface area contributed by atoms with Crippen molar-refractivity contribution in [2.45, 2.75) is 31.2 Å². The second-order valence-electron chi connectivity index (χ2n) is 6.42. The molecule has 0 unspecified atom stereocenters. The maximum Gasteiger partial charge on any atom is 0.306 e. The number of nitro benzene ring substituents is 1. The third-order valence-corrected chi connectivity index (χ3v) is 4.87. The molecule has 10 heteroatoms. The van der Waals surface area contributed by atoms with E-state index in [1.807, 2.05) is 32.0 Å². The van der Waals surface area contributed by atoms with Gasteiger partial charge in [-0.25, -0.2) is 0 Å². The third-order valence-electron chi connectivity index (χ3n) is 3.93. The molecule has 0 aliphatic heterocycles. The molecule has 1 heterocycles. The van der Waals surface area contributed by atoms with E-state index in [1.165, 1.54) is 6.07 Å². The molecular weight excluding hydrogens is 399 g/mol. The number of hydrogen-bond donors (Lipinski definition) is 1. The van der Waals surface area contributed by atoms with E-state index in [2.05, 4.69) is 15.5 Å². The lowest BCUT2D eigenvalue weighted by Crippen LogP contribution is -2.22. The van der Waals surface area contributed by atoms with Crippen LogP contribution in [0, 0.1) is 29.8 Å². The van der Waals surface area contributed by atoms with Crippen LogP contribution < -0.4 is 5.32 Å². The van der Waals surface area contributed by atoms with Crippen molar-refractivity contribution in [2.75, 3.05) is 5.32 Å². The average molecular weight is 416 g/mol. The lowest BCUT2D eigenvalue weighted by atomic mass is 10.1. The van der Waals surface area contributed by atoms with Gasteiger partial charge in [0.15, 0.2) is 0 Å². The molecule has 1 aromatic heterocycles. The first-order valence-corrected chi connectivity index (χ1v) is 9.44. The maximum atomic E-state index is 13.4. The first-order valence-electron chi connectivity index (χ1n) is 8.56. The summed E-state index contributed by atoms with van der Waals surface area (Å²) in [6.45, 7) is 5.56. The fraction of sp³-hybridized carbons (Fsp3) is 0.211. The van der Waals surface area contributed by atoms with Crippen LogP contribution in [0.4, 0.5) is 15.8 Å². The summed E-state index contributed by atoms with van der Waals surface area (Å²) in [4.78, 5) is 22.3. The number of aromatic nitrogens is 2. The molecule has 1 atom stereocenters. The number of anilines is 1. The number of rotatable bonds is 6. The zero-order valence-electron chi connectivity index (χ0n) is 15.8. The van der Waals surface area contributed by atoms with Gasteiger partial charge in [-0.2, -0.15) is 4.39 Å². The van der Waals surface area contributed by atoms with Crippen molar-refractivity contribution < 1.29 is 18.5 Å². The van der Waals surface area contributed by atoms with E-state index >= 15 is 0 Å². The Kier molecular flexibility index (Phi) is 5.92. The highest BCUT2D eigenvalue weighted by Crippen LogP contribution is 2.28. The molecule has 29 heavy (non-hydrogen) atoms. The van der Waals surface area contributed by atoms with Gasteiger partial charge in [0.25, 0.3) is 5.22 Å². The number of hydrogen-bond acceptors (Lipinski definition) is 7. The van der Waals surface area contributed by atoms with Crippen LogP contribution >= 0.6 is 11.8 Å². The molecular formula is C19H17FN4O4S. The second kappa shape index (κ2) is 8.39. The highest BCUT2D eigenvalue weighted by Gasteiger charge is 2.21. The van der Waals surface area contributed by atoms with E-state index in [4.69, 9.17) is 4.42 Å². The minimum Gasteiger partial charge on any atom is -0.411 e. The summed E-state index contributed by atoms with van der Waals surface area (Å²) < 4.78 is 19.0. The van der Waals surface area contributed by atoms with Crippen molar-refractivity contribution in [1.29, 1.82) is 0 Å². The average Bonchev–Trinajstić information content (AvgIpc) is 3.10.